The Kier molecular flexibility index (Phi) is 6.31. The van der Waals surface area contributed by atoms with E-state index in [1.54, 1.807) is 12.1 Å². The van der Waals surface area contributed by atoms with Crippen LogP contribution in [0.25, 0.3) is 0 Å². The number of nitrogens with one attached hydrogen (secondary N) is 2. The van der Waals surface area contributed by atoms with Crippen molar-refractivity contribution in [2.24, 2.45) is 4.99 Å². The molecule has 0 spiro atoms. The van der Waals surface area contributed by atoms with Gasteiger partial charge in [-0.05, 0) is 18.0 Å². The Morgan fingerprint density at radius 3 is 2.70 bits per heavy atom. The van der Waals surface area contributed by atoms with Gasteiger partial charge in [0.1, 0.15) is 0 Å². The summed E-state index contributed by atoms with van der Waals surface area (Å²) in [5, 5.41) is 23.1. The molecule has 0 atom stereocenters. The molecule has 0 radical (unpaired) electrons. The number of rotatable bonds is 1. The molecular formula is C11H11Cl2N3O3S. The highest BCUT2D eigenvalue weighted by Gasteiger charge is 2.19. The van der Waals surface area contributed by atoms with E-state index in [-0.39, 0.29) is 12.5 Å². The zero-order valence-electron chi connectivity index (χ0n) is 10.1. The lowest BCUT2D eigenvalue weighted by Crippen LogP contribution is -2.43. The summed E-state index contributed by atoms with van der Waals surface area (Å²) in [6, 6.07) is 3.31. The zero-order valence-corrected chi connectivity index (χ0v) is 12.4. The van der Waals surface area contributed by atoms with Gasteiger partial charge in [-0.1, -0.05) is 35.4 Å². The monoisotopic (exact) mass is 335 g/mol. The molecule has 0 aromatic heterocycles. The summed E-state index contributed by atoms with van der Waals surface area (Å²) in [5.74, 6) is 1.99. The standard InChI is InChI=1S/C10H9Cl2N3O3.CH2S/c11-5-1-2-6-4(7(5)12)3-13-10(14-6)15-8(16)9(17)18;1-2/h1-2,9,17-18H,3H2,(H2,13,14,15,16);1H2. The van der Waals surface area contributed by atoms with Crippen LogP contribution < -0.4 is 10.6 Å². The Bertz CT molecular complexity index is 552. The number of hydrogen-bond acceptors (Lipinski definition) is 6. The van der Waals surface area contributed by atoms with E-state index >= 15 is 0 Å². The largest absolute Gasteiger partial charge is 0.361 e. The van der Waals surface area contributed by atoms with Crippen molar-refractivity contribution < 1.29 is 15.0 Å². The van der Waals surface area contributed by atoms with Crippen LogP contribution in [-0.4, -0.2) is 34.2 Å². The average molecular weight is 336 g/mol. The number of hydrogen-bond donors (Lipinski definition) is 4. The SMILES string of the molecule is C=S.O=C(NC1=NCc2c(ccc(Cl)c2Cl)N1)C(O)O. The normalized spacial score (nSPS) is 12.6. The van der Waals surface area contributed by atoms with Crippen LogP contribution in [0, 0.1) is 0 Å². The van der Waals surface area contributed by atoms with E-state index in [0.717, 1.165) is 0 Å². The second-order valence-electron chi connectivity index (χ2n) is 3.54. The second-order valence-corrected chi connectivity index (χ2v) is 4.33. The van der Waals surface area contributed by atoms with E-state index in [1.807, 2.05) is 0 Å². The van der Waals surface area contributed by atoms with Crippen LogP contribution >= 0.6 is 35.4 Å². The van der Waals surface area contributed by atoms with Crippen molar-refractivity contribution >= 4 is 58.8 Å². The third-order valence-corrected chi connectivity index (χ3v) is 3.16. The molecule has 0 saturated heterocycles. The topological polar surface area (TPSA) is 94.0 Å². The first-order valence-electron chi connectivity index (χ1n) is 5.23. The summed E-state index contributed by atoms with van der Waals surface area (Å²) in [7, 11) is 0. The Morgan fingerprint density at radius 1 is 1.45 bits per heavy atom. The summed E-state index contributed by atoms with van der Waals surface area (Å²) in [6.45, 7) is 0.235. The fourth-order valence-corrected chi connectivity index (χ4v) is 1.84. The number of amides is 1. The first-order chi connectivity index (χ1) is 9.49. The number of halogens is 2. The molecule has 0 unspecified atom stereocenters. The first kappa shape index (κ1) is 16.8. The Balaban J connectivity index is 0.000000956. The van der Waals surface area contributed by atoms with E-state index in [0.29, 0.717) is 21.3 Å². The lowest BCUT2D eigenvalue weighted by atomic mass is 10.1. The number of carbonyl (C=O) groups is 1. The number of anilines is 1. The van der Waals surface area contributed by atoms with E-state index in [4.69, 9.17) is 33.4 Å². The number of guanidine groups is 1. The van der Waals surface area contributed by atoms with Gasteiger partial charge < -0.3 is 15.5 Å². The van der Waals surface area contributed by atoms with E-state index < -0.39 is 12.2 Å². The molecule has 1 amide bonds. The molecule has 4 N–H and O–H groups in total. The van der Waals surface area contributed by atoms with Gasteiger partial charge in [0.25, 0.3) is 5.91 Å². The van der Waals surface area contributed by atoms with Gasteiger partial charge in [0.2, 0.25) is 12.2 Å². The molecule has 1 heterocycles. The number of thiocarbonyl (C=S) groups is 1. The highest BCUT2D eigenvalue weighted by molar-refractivity contribution is 7.77. The Morgan fingerprint density at radius 2 is 2.10 bits per heavy atom. The van der Waals surface area contributed by atoms with Crippen LogP contribution in [-0.2, 0) is 11.3 Å². The van der Waals surface area contributed by atoms with Crippen LogP contribution in [0.1, 0.15) is 5.56 Å². The minimum atomic E-state index is -2.09. The van der Waals surface area contributed by atoms with Crippen molar-refractivity contribution in [2.45, 2.75) is 12.8 Å². The maximum Gasteiger partial charge on any atom is 0.283 e. The van der Waals surface area contributed by atoms with Gasteiger partial charge >= 0.3 is 0 Å². The molecule has 2 rings (SSSR count). The van der Waals surface area contributed by atoms with Gasteiger partial charge in [0, 0.05) is 11.3 Å². The third-order valence-electron chi connectivity index (χ3n) is 2.32. The molecule has 6 nitrogen and oxygen atoms in total. The van der Waals surface area contributed by atoms with E-state index in [9.17, 15) is 4.79 Å². The molecule has 0 saturated carbocycles. The van der Waals surface area contributed by atoms with Crippen LogP contribution in [0.2, 0.25) is 10.0 Å². The molecule has 0 aliphatic carbocycles. The van der Waals surface area contributed by atoms with Gasteiger partial charge in [-0.2, -0.15) is 0 Å². The molecule has 0 bridgehead atoms. The highest BCUT2D eigenvalue weighted by Crippen LogP contribution is 2.33. The number of fused-ring (bicyclic) bond motifs is 1. The molecule has 1 aliphatic rings. The van der Waals surface area contributed by atoms with Crippen molar-refractivity contribution in [1.29, 1.82) is 0 Å². The minimum absolute atomic E-state index is 0.124. The molecule has 20 heavy (non-hydrogen) atoms. The van der Waals surface area contributed by atoms with Crippen molar-refractivity contribution in [3.8, 4) is 0 Å². The molecule has 1 aromatic rings. The number of benzene rings is 1. The van der Waals surface area contributed by atoms with Gasteiger partial charge in [-0.25, -0.2) is 4.99 Å². The Labute approximate surface area is 130 Å². The summed E-state index contributed by atoms with van der Waals surface area (Å²) in [4.78, 5) is 15.1. The predicted octanol–water partition coefficient (Wildman–Crippen LogP) is 1.32. The van der Waals surface area contributed by atoms with Crippen LogP contribution in [0.3, 0.4) is 0 Å². The van der Waals surface area contributed by atoms with Gasteiger partial charge in [-0.3, -0.25) is 10.1 Å². The Hall–Kier alpha value is -1.25. The quantitative estimate of drug-likeness (QED) is 0.458. The lowest BCUT2D eigenvalue weighted by molar-refractivity contribution is -0.145. The van der Waals surface area contributed by atoms with Gasteiger partial charge in [0.05, 0.1) is 16.6 Å². The number of carbonyl (C=O) groups excluding carboxylic acids is 1. The predicted molar refractivity (Wildman–Crippen MR) is 82.3 cm³/mol. The molecule has 1 aliphatic heterocycles. The van der Waals surface area contributed by atoms with Crippen LogP contribution in [0.15, 0.2) is 17.1 Å². The maximum absolute atomic E-state index is 11.1. The van der Waals surface area contributed by atoms with Crippen molar-refractivity contribution in [1.82, 2.24) is 5.32 Å². The molecule has 1 aromatic carbocycles. The smallest absolute Gasteiger partial charge is 0.283 e. The number of aliphatic hydroxyl groups is 2. The van der Waals surface area contributed by atoms with Crippen molar-refractivity contribution in [2.75, 3.05) is 5.32 Å². The summed E-state index contributed by atoms with van der Waals surface area (Å²) in [5.41, 5.74) is 1.37. The second kappa shape index (κ2) is 7.51. The fraction of sp³-hybridized carbons (Fsp3) is 0.182. The van der Waals surface area contributed by atoms with Crippen molar-refractivity contribution in [3.05, 3.63) is 27.7 Å². The molecular weight excluding hydrogens is 325 g/mol. The number of aliphatic hydroxyl groups excluding tert-OH is 1. The van der Waals surface area contributed by atoms with E-state index in [1.165, 1.54) is 0 Å². The molecule has 0 fully saturated rings. The summed E-state index contributed by atoms with van der Waals surface area (Å²) in [6.07, 6.45) is -2.09. The van der Waals surface area contributed by atoms with Gasteiger partial charge in [-0.15, -0.1) is 0 Å². The highest BCUT2D eigenvalue weighted by atomic mass is 35.5. The third kappa shape index (κ3) is 3.87. The number of aliphatic imine (C=N–C) groups is 1. The minimum Gasteiger partial charge on any atom is -0.361 e. The van der Waals surface area contributed by atoms with Crippen LogP contribution in [0.4, 0.5) is 5.69 Å². The van der Waals surface area contributed by atoms with Crippen LogP contribution in [0.5, 0.6) is 0 Å². The van der Waals surface area contributed by atoms with Gasteiger partial charge in [0.15, 0.2) is 0 Å². The number of nitrogens with zero attached hydrogens (tertiary/aromatic N) is 1. The summed E-state index contributed by atoms with van der Waals surface area (Å²) < 4.78 is 0. The summed E-state index contributed by atoms with van der Waals surface area (Å²) >= 11 is 15.7. The maximum atomic E-state index is 11.1. The van der Waals surface area contributed by atoms with E-state index in [2.05, 4.69) is 33.7 Å². The zero-order chi connectivity index (χ0) is 15.3. The first-order valence-corrected chi connectivity index (χ1v) is 6.56. The lowest BCUT2D eigenvalue weighted by Gasteiger charge is -2.20. The fourth-order valence-electron chi connectivity index (χ4n) is 1.44. The van der Waals surface area contributed by atoms with Crippen molar-refractivity contribution in [3.63, 3.8) is 0 Å². The average Bonchev–Trinajstić information content (AvgIpc) is 2.45. The molecule has 9 heteroatoms. The molecule has 108 valence electrons.